The summed E-state index contributed by atoms with van der Waals surface area (Å²) >= 11 is 5.61. The molecule has 5 heteroatoms. The third-order valence-electron chi connectivity index (χ3n) is 3.29. The van der Waals surface area contributed by atoms with Gasteiger partial charge in [-0.05, 0) is 30.2 Å². The van der Waals surface area contributed by atoms with Gasteiger partial charge in [-0.2, -0.15) is 0 Å². The Bertz CT molecular complexity index is 769. The van der Waals surface area contributed by atoms with E-state index in [2.05, 4.69) is 5.16 Å². The van der Waals surface area contributed by atoms with Gasteiger partial charge in [0.1, 0.15) is 19.5 Å². The summed E-state index contributed by atoms with van der Waals surface area (Å²) in [6, 6.07) is 15.0. The number of nitrogens with zero attached hydrogens (tertiary/aromatic N) is 1. The van der Waals surface area contributed by atoms with E-state index in [-0.39, 0.29) is 12.3 Å². The zero-order valence-electron chi connectivity index (χ0n) is 13.5. The Morgan fingerprint density at radius 3 is 2.58 bits per heavy atom. The molecule has 0 unspecified atom stereocenters. The molecule has 0 saturated heterocycles. The normalized spacial score (nSPS) is 11.5. The van der Waals surface area contributed by atoms with Crippen molar-refractivity contribution in [3.05, 3.63) is 71.3 Å². The summed E-state index contributed by atoms with van der Waals surface area (Å²) in [5, 5.41) is 3.04. The molecular formula is C19H18ClNO3. The number of rotatable bonds is 7. The number of ether oxygens (including phenoxy) is 1. The monoisotopic (exact) mass is 343 g/mol. The maximum Gasteiger partial charge on any atom is 0.274 e. The molecule has 0 atom stereocenters. The largest absolute Gasteiger partial charge is 0.488 e. The standard InChI is InChI=1S/C19H18ClNO3/c1-3-8-14-9-5-7-12-17(14)24-13-15-10-4-6-11-16(15)18(19(20)22)21-23-2/h3-12H,13H2,1-2H3. The third kappa shape index (κ3) is 4.46. The second-order valence-corrected chi connectivity index (χ2v) is 5.22. The quantitative estimate of drug-likeness (QED) is 0.425. The molecule has 4 nitrogen and oxygen atoms in total. The Labute approximate surface area is 146 Å². The maximum absolute atomic E-state index is 11.6. The zero-order valence-corrected chi connectivity index (χ0v) is 14.3. The predicted molar refractivity (Wildman–Crippen MR) is 96.3 cm³/mol. The van der Waals surface area contributed by atoms with E-state index in [9.17, 15) is 4.79 Å². The fourth-order valence-electron chi connectivity index (χ4n) is 2.24. The SMILES string of the molecule is CC=Cc1ccccc1OCc1ccccc1C(=NOC)C(=O)Cl. The third-order valence-corrected chi connectivity index (χ3v) is 3.47. The van der Waals surface area contributed by atoms with Gasteiger partial charge in [0, 0.05) is 11.1 Å². The molecule has 24 heavy (non-hydrogen) atoms. The van der Waals surface area contributed by atoms with Crippen molar-refractivity contribution in [1.29, 1.82) is 0 Å². The van der Waals surface area contributed by atoms with E-state index in [1.807, 2.05) is 55.5 Å². The van der Waals surface area contributed by atoms with Crippen LogP contribution < -0.4 is 4.74 Å². The first-order chi connectivity index (χ1) is 11.7. The van der Waals surface area contributed by atoms with Crippen molar-refractivity contribution < 1.29 is 14.4 Å². The van der Waals surface area contributed by atoms with Crippen molar-refractivity contribution in [3.8, 4) is 5.75 Å². The second kappa shape index (κ2) is 8.89. The highest BCUT2D eigenvalue weighted by molar-refractivity contribution is 6.84. The Morgan fingerprint density at radius 1 is 1.17 bits per heavy atom. The van der Waals surface area contributed by atoms with Crippen molar-refractivity contribution >= 4 is 28.6 Å². The van der Waals surface area contributed by atoms with Crippen molar-refractivity contribution in [2.24, 2.45) is 5.16 Å². The lowest BCUT2D eigenvalue weighted by Gasteiger charge is -2.12. The number of allylic oxidation sites excluding steroid dienone is 1. The minimum Gasteiger partial charge on any atom is -0.488 e. The highest BCUT2D eigenvalue weighted by Gasteiger charge is 2.16. The summed E-state index contributed by atoms with van der Waals surface area (Å²) in [5.74, 6) is 0.757. The molecule has 0 N–H and O–H groups in total. The van der Waals surface area contributed by atoms with Gasteiger partial charge in [-0.15, -0.1) is 0 Å². The Balaban J connectivity index is 2.29. The Kier molecular flexibility index (Phi) is 6.58. The topological polar surface area (TPSA) is 47.9 Å². The van der Waals surface area contributed by atoms with Crippen LogP contribution in [0, 0.1) is 0 Å². The van der Waals surface area contributed by atoms with Gasteiger partial charge in [0.2, 0.25) is 0 Å². The molecular weight excluding hydrogens is 326 g/mol. The van der Waals surface area contributed by atoms with E-state index >= 15 is 0 Å². The lowest BCUT2D eigenvalue weighted by molar-refractivity contribution is -0.106. The zero-order chi connectivity index (χ0) is 17.4. The van der Waals surface area contributed by atoms with Crippen LogP contribution in [0.15, 0.2) is 59.8 Å². The number of para-hydroxylation sites is 1. The van der Waals surface area contributed by atoms with E-state index in [0.29, 0.717) is 5.56 Å². The Morgan fingerprint density at radius 2 is 1.88 bits per heavy atom. The minimum absolute atomic E-state index is 0.0557. The van der Waals surface area contributed by atoms with Crippen LogP contribution in [0.4, 0.5) is 0 Å². The van der Waals surface area contributed by atoms with E-state index in [4.69, 9.17) is 21.2 Å². The molecule has 0 aliphatic heterocycles. The fourth-order valence-corrected chi connectivity index (χ4v) is 2.38. The fraction of sp³-hybridized carbons (Fsp3) is 0.158. The van der Waals surface area contributed by atoms with Gasteiger partial charge >= 0.3 is 0 Å². The summed E-state index contributed by atoms with van der Waals surface area (Å²) in [7, 11) is 1.37. The molecule has 2 aromatic carbocycles. The minimum atomic E-state index is -0.682. The van der Waals surface area contributed by atoms with Crippen molar-refractivity contribution in [3.63, 3.8) is 0 Å². The molecule has 0 aliphatic rings. The lowest BCUT2D eigenvalue weighted by Crippen LogP contribution is -2.14. The van der Waals surface area contributed by atoms with Crippen LogP contribution in [-0.4, -0.2) is 18.1 Å². The maximum atomic E-state index is 11.6. The first-order valence-corrected chi connectivity index (χ1v) is 7.79. The summed E-state index contributed by atoms with van der Waals surface area (Å²) in [4.78, 5) is 16.3. The van der Waals surface area contributed by atoms with Gasteiger partial charge in [0.25, 0.3) is 5.24 Å². The molecule has 0 radical (unpaired) electrons. The van der Waals surface area contributed by atoms with Gasteiger partial charge in [-0.1, -0.05) is 59.8 Å². The number of benzene rings is 2. The average Bonchev–Trinajstić information content (AvgIpc) is 2.59. The van der Waals surface area contributed by atoms with Gasteiger partial charge < -0.3 is 9.57 Å². The molecule has 124 valence electrons. The van der Waals surface area contributed by atoms with Crippen LogP contribution in [0.3, 0.4) is 0 Å². The van der Waals surface area contributed by atoms with E-state index < -0.39 is 5.24 Å². The van der Waals surface area contributed by atoms with Gasteiger partial charge in [0.05, 0.1) is 0 Å². The summed E-state index contributed by atoms with van der Waals surface area (Å²) in [5.41, 5.74) is 2.41. The lowest BCUT2D eigenvalue weighted by atomic mass is 10.0. The Hall–Kier alpha value is -2.59. The van der Waals surface area contributed by atoms with Crippen LogP contribution in [0.5, 0.6) is 5.75 Å². The van der Waals surface area contributed by atoms with Crippen LogP contribution >= 0.6 is 11.6 Å². The summed E-state index contributed by atoms with van der Waals surface area (Å²) in [6.07, 6.45) is 3.92. The van der Waals surface area contributed by atoms with Gasteiger partial charge in [0.15, 0.2) is 5.71 Å². The van der Waals surface area contributed by atoms with Crippen LogP contribution in [0.25, 0.3) is 6.08 Å². The van der Waals surface area contributed by atoms with E-state index in [0.717, 1.165) is 16.9 Å². The molecule has 0 aliphatic carbocycles. The number of carbonyl (C=O) groups excluding carboxylic acids is 1. The van der Waals surface area contributed by atoms with Crippen LogP contribution in [0.2, 0.25) is 0 Å². The first-order valence-electron chi connectivity index (χ1n) is 7.41. The van der Waals surface area contributed by atoms with Crippen LogP contribution in [-0.2, 0) is 16.2 Å². The number of hydrogen-bond donors (Lipinski definition) is 0. The number of hydrogen-bond acceptors (Lipinski definition) is 4. The molecule has 0 saturated carbocycles. The molecule has 0 heterocycles. The van der Waals surface area contributed by atoms with Crippen molar-refractivity contribution in [1.82, 2.24) is 0 Å². The van der Waals surface area contributed by atoms with E-state index in [1.165, 1.54) is 7.11 Å². The first kappa shape index (κ1) is 17.8. The van der Waals surface area contributed by atoms with Crippen molar-refractivity contribution in [2.75, 3.05) is 7.11 Å². The van der Waals surface area contributed by atoms with Crippen molar-refractivity contribution in [2.45, 2.75) is 13.5 Å². The van der Waals surface area contributed by atoms with Gasteiger partial charge in [-0.25, -0.2) is 0 Å². The molecule has 0 amide bonds. The molecule has 2 aromatic rings. The smallest absolute Gasteiger partial charge is 0.274 e. The molecule has 2 rings (SSSR count). The molecule has 0 fully saturated rings. The number of carbonyl (C=O) groups is 1. The summed E-state index contributed by atoms with van der Waals surface area (Å²) in [6.45, 7) is 2.23. The number of oxime groups is 1. The highest BCUT2D eigenvalue weighted by Crippen LogP contribution is 2.22. The molecule has 0 aromatic heterocycles. The summed E-state index contributed by atoms with van der Waals surface area (Å²) < 4.78 is 5.92. The average molecular weight is 344 g/mol. The van der Waals surface area contributed by atoms with Crippen LogP contribution in [0.1, 0.15) is 23.6 Å². The van der Waals surface area contributed by atoms with E-state index in [1.54, 1.807) is 12.1 Å². The van der Waals surface area contributed by atoms with Gasteiger partial charge in [-0.3, -0.25) is 4.79 Å². The predicted octanol–water partition coefficient (Wildman–Crippen LogP) is 4.41. The molecule has 0 spiro atoms. The highest BCUT2D eigenvalue weighted by atomic mass is 35.5. The second-order valence-electron chi connectivity index (χ2n) is 4.88. The molecule has 0 bridgehead atoms. The number of halogens is 1.